The van der Waals surface area contributed by atoms with Crippen molar-refractivity contribution in [3.63, 3.8) is 0 Å². The molecule has 0 bridgehead atoms. The fourth-order valence-electron chi connectivity index (χ4n) is 5.15. The summed E-state index contributed by atoms with van der Waals surface area (Å²) in [6.45, 7) is 0.276. The maximum atomic E-state index is 13.6. The predicted molar refractivity (Wildman–Crippen MR) is 119 cm³/mol. The molecule has 1 aliphatic heterocycles. The van der Waals surface area contributed by atoms with Gasteiger partial charge in [-0.05, 0) is 48.1 Å². The summed E-state index contributed by atoms with van der Waals surface area (Å²) in [4.78, 5) is 14.2. The number of amides is 1. The maximum absolute atomic E-state index is 13.6. The molecule has 1 saturated heterocycles. The lowest BCUT2D eigenvalue weighted by atomic mass is 9.82. The largest absolute Gasteiger partial charge is 0.447 e. The summed E-state index contributed by atoms with van der Waals surface area (Å²) in [5.41, 5.74) is 0.915. The number of hydrogen-bond donors (Lipinski definition) is 0. The fraction of sp³-hybridized carbons (Fsp3) is 0.500. The van der Waals surface area contributed by atoms with Gasteiger partial charge in [-0.15, -0.1) is 0 Å². The molecule has 0 aromatic heterocycles. The van der Waals surface area contributed by atoms with Crippen molar-refractivity contribution in [3.8, 4) is 0 Å². The maximum Gasteiger partial charge on any atom is 0.416 e. The molecule has 0 N–H and O–H groups in total. The van der Waals surface area contributed by atoms with Crippen molar-refractivity contribution < 1.29 is 27.4 Å². The van der Waals surface area contributed by atoms with Crippen LogP contribution in [-0.4, -0.2) is 30.8 Å². The SMILES string of the molecule is COC1(c2ccc(C(F)(F)F)cc2CN2C(=O)OC[C@H]2Cc2ccccc2)CCCCCC1. The van der Waals surface area contributed by atoms with Crippen LogP contribution in [0.15, 0.2) is 48.5 Å². The lowest BCUT2D eigenvalue weighted by Crippen LogP contribution is -2.36. The van der Waals surface area contributed by atoms with Crippen LogP contribution in [0.3, 0.4) is 0 Å². The van der Waals surface area contributed by atoms with E-state index in [0.717, 1.165) is 55.7 Å². The van der Waals surface area contributed by atoms with Gasteiger partial charge in [-0.2, -0.15) is 13.2 Å². The number of carbonyl (C=O) groups excluding carboxylic acids is 1. The standard InChI is InChI=1S/C26H30F3NO3/c1-32-25(13-7-2-3-8-14-25)23-12-11-21(26(27,28)29)16-20(23)17-30-22(18-33-24(30)31)15-19-9-5-4-6-10-19/h4-6,9-12,16,22H,2-3,7-8,13-15,17-18H2,1H3/t22-/m1/s1. The van der Waals surface area contributed by atoms with Gasteiger partial charge in [0.25, 0.3) is 0 Å². The second-order valence-corrected chi connectivity index (χ2v) is 9.03. The van der Waals surface area contributed by atoms with Crippen LogP contribution in [0.4, 0.5) is 18.0 Å². The lowest BCUT2D eigenvalue weighted by molar-refractivity contribution is -0.137. The van der Waals surface area contributed by atoms with Crippen molar-refractivity contribution in [3.05, 3.63) is 70.8 Å². The van der Waals surface area contributed by atoms with Gasteiger partial charge >= 0.3 is 12.3 Å². The van der Waals surface area contributed by atoms with E-state index in [2.05, 4.69) is 0 Å². The molecule has 4 rings (SSSR count). The first kappa shape index (κ1) is 23.6. The monoisotopic (exact) mass is 461 g/mol. The van der Waals surface area contributed by atoms with Crippen molar-refractivity contribution in [2.24, 2.45) is 0 Å². The molecule has 0 radical (unpaired) electrons. The Morgan fingerprint density at radius 3 is 2.39 bits per heavy atom. The average Bonchev–Trinajstić information content (AvgIpc) is 3.00. The zero-order valence-corrected chi connectivity index (χ0v) is 18.9. The lowest BCUT2D eigenvalue weighted by Gasteiger charge is -2.35. The Bertz CT molecular complexity index is 953. The van der Waals surface area contributed by atoms with Gasteiger partial charge in [0.05, 0.1) is 17.2 Å². The summed E-state index contributed by atoms with van der Waals surface area (Å²) >= 11 is 0. The smallest absolute Gasteiger partial charge is 0.416 e. The van der Waals surface area contributed by atoms with Gasteiger partial charge in [-0.1, -0.05) is 62.1 Å². The van der Waals surface area contributed by atoms with E-state index in [4.69, 9.17) is 9.47 Å². The Morgan fingerprint density at radius 1 is 1.06 bits per heavy atom. The summed E-state index contributed by atoms with van der Waals surface area (Å²) in [6, 6.07) is 13.4. The third kappa shape index (κ3) is 5.18. The van der Waals surface area contributed by atoms with Crippen LogP contribution in [-0.2, 0) is 34.2 Å². The van der Waals surface area contributed by atoms with Crippen LogP contribution in [0.2, 0.25) is 0 Å². The molecule has 1 amide bonds. The van der Waals surface area contributed by atoms with E-state index in [1.54, 1.807) is 18.1 Å². The number of benzene rings is 2. The van der Waals surface area contributed by atoms with Crippen LogP contribution in [0, 0.1) is 0 Å². The van der Waals surface area contributed by atoms with E-state index in [-0.39, 0.29) is 19.2 Å². The van der Waals surface area contributed by atoms with Crippen LogP contribution in [0.1, 0.15) is 60.8 Å². The molecule has 0 unspecified atom stereocenters. The third-order valence-corrected chi connectivity index (χ3v) is 6.95. The number of nitrogens with zero attached hydrogens (tertiary/aromatic N) is 1. The van der Waals surface area contributed by atoms with Gasteiger partial charge in [-0.25, -0.2) is 4.79 Å². The van der Waals surface area contributed by atoms with Gasteiger partial charge < -0.3 is 9.47 Å². The average molecular weight is 462 g/mol. The van der Waals surface area contributed by atoms with Crippen molar-refractivity contribution in [2.75, 3.05) is 13.7 Å². The second kappa shape index (κ2) is 9.75. The Balaban J connectivity index is 1.70. The first-order valence-electron chi connectivity index (χ1n) is 11.6. The number of methoxy groups -OCH3 is 1. The Kier molecular flexibility index (Phi) is 6.98. The Morgan fingerprint density at radius 2 is 1.76 bits per heavy atom. The summed E-state index contributed by atoms with van der Waals surface area (Å²) in [7, 11) is 1.63. The zero-order chi connectivity index (χ0) is 23.5. The van der Waals surface area contributed by atoms with E-state index in [9.17, 15) is 18.0 Å². The molecule has 2 aliphatic rings. The second-order valence-electron chi connectivity index (χ2n) is 9.03. The Hall–Kier alpha value is -2.54. The summed E-state index contributed by atoms with van der Waals surface area (Å²) in [5.74, 6) is 0. The molecule has 1 heterocycles. The molecule has 2 fully saturated rings. The molecule has 0 spiro atoms. The zero-order valence-electron chi connectivity index (χ0n) is 18.9. The fourth-order valence-corrected chi connectivity index (χ4v) is 5.15. The molecule has 7 heteroatoms. The summed E-state index contributed by atoms with van der Waals surface area (Å²) in [5, 5.41) is 0. The van der Waals surface area contributed by atoms with E-state index in [0.29, 0.717) is 12.0 Å². The van der Waals surface area contributed by atoms with E-state index in [1.807, 2.05) is 30.3 Å². The first-order valence-corrected chi connectivity index (χ1v) is 11.6. The van der Waals surface area contributed by atoms with Crippen molar-refractivity contribution in [1.29, 1.82) is 0 Å². The molecule has 2 aromatic carbocycles. The highest BCUT2D eigenvalue weighted by molar-refractivity contribution is 5.70. The Labute approximate surface area is 192 Å². The number of cyclic esters (lactones) is 1. The number of rotatable bonds is 6. The molecule has 2 aromatic rings. The molecule has 1 aliphatic carbocycles. The summed E-state index contributed by atoms with van der Waals surface area (Å²) < 4.78 is 52.1. The van der Waals surface area contributed by atoms with Crippen molar-refractivity contribution >= 4 is 6.09 Å². The minimum atomic E-state index is -4.47. The highest BCUT2D eigenvalue weighted by Gasteiger charge is 2.40. The molecule has 33 heavy (non-hydrogen) atoms. The molecular formula is C26H30F3NO3. The predicted octanol–water partition coefficient (Wildman–Crippen LogP) is 6.46. The minimum absolute atomic E-state index is 0.0562. The van der Waals surface area contributed by atoms with Crippen molar-refractivity contribution in [1.82, 2.24) is 4.90 Å². The molecule has 1 saturated carbocycles. The van der Waals surface area contributed by atoms with Crippen molar-refractivity contribution in [2.45, 2.75) is 69.3 Å². The number of hydrogen-bond acceptors (Lipinski definition) is 3. The number of carbonyl (C=O) groups is 1. The highest BCUT2D eigenvalue weighted by Crippen LogP contribution is 2.42. The molecule has 178 valence electrons. The van der Waals surface area contributed by atoms with E-state index < -0.39 is 23.4 Å². The number of ether oxygens (including phenoxy) is 2. The highest BCUT2D eigenvalue weighted by atomic mass is 19.4. The summed E-state index contributed by atoms with van der Waals surface area (Å²) in [6.07, 6.45) is 1.19. The van der Waals surface area contributed by atoms with E-state index in [1.165, 1.54) is 6.07 Å². The quantitative estimate of drug-likeness (QED) is 0.463. The van der Waals surface area contributed by atoms with Gasteiger partial charge in [0.1, 0.15) is 6.61 Å². The van der Waals surface area contributed by atoms with Crippen LogP contribution >= 0.6 is 0 Å². The van der Waals surface area contributed by atoms with E-state index >= 15 is 0 Å². The van der Waals surface area contributed by atoms with Crippen LogP contribution in [0.5, 0.6) is 0 Å². The minimum Gasteiger partial charge on any atom is -0.447 e. The molecule has 1 atom stereocenters. The van der Waals surface area contributed by atoms with Gasteiger partial charge in [0.2, 0.25) is 0 Å². The normalized spacial score (nSPS) is 21.0. The van der Waals surface area contributed by atoms with Gasteiger partial charge in [0, 0.05) is 13.7 Å². The van der Waals surface area contributed by atoms with Gasteiger partial charge in [0.15, 0.2) is 0 Å². The third-order valence-electron chi connectivity index (χ3n) is 6.95. The number of alkyl halides is 3. The first-order chi connectivity index (χ1) is 15.8. The molecule has 4 nitrogen and oxygen atoms in total. The molecular weight excluding hydrogens is 431 g/mol. The number of halogens is 3. The topological polar surface area (TPSA) is 38.8 Å². The van der Waals surface area contributed by atoms with Crippen LogP contribution in [0.25, 0.3) is 0 Å². The van der Waals surface area contributed by atoms with Gasteiger partial charge in [-0.3, -0.25) is 4.90 Å². The van der Waals surface area contributed by atoms with Crippen LogP contribution < -0.4 is 0 Å².